The van der Waals surface area contributed by atoms with Crippen LogP contribution in [-0.2, 0) is 11.2 Å². The SMILES string of the molecule is O=C(O)CCc1cc(OC(F)(F)F)ccc1SC(F)(F)F. The van der Waals surface area contributed by atoms with Crippen LogP contribution in [0.3, 0.4) is 0 Å². The molecule has 0 heterocycles. The first-order valence-electron chi connectivity index (χ1n) is 5.32. The fraction of sp³-hybridized carbons (Fsp3) is 0.364. The fourth-order valence-electron chi connectivity index (χ4n) is 1.41. The molecule has 0 saturated carbocycles. The van der Waals surface area contributed by atoms with Gasteiger partial charge in [0.25, 0.3) is 0 Å². The van der Waals surface area contributed by atoms with Gasteiger partial charge in [0.05, 0.1) is 0 Å². The van der Waals surface area contributed by atoms with Gasteiger partial charge in [-0.25, -0.2) is 0 Å². The molecule has 0 radical (unpaired) electrons. The van der Waals surface area contributed by atoms with Crippen LogP contribution < -0.4 is 4.74 Å². The van der Waals surface area contributed by atoms with Gasteiger partial charge < -0.3 is 9.84 Å². The molecule has 0 unspecified atom stereocenters. The lowest BCUT2D eigenvalue weighted by atomic mass is 10.1. The molecule has 118 valence electrons. The highest BCUT2D eigenvalue weighted by molar-refractivity contribution is 8.00. The van der Waals surface area contributed by atoms with Crippen molar-refractivity contribution < 1.29 is 41.0 Å². The van der Waals surface area contributed by atoms with Gasteiger partial charge in [-0.05, 0) is 41.9 Å². The van der Waals surface area contributed by atoms with Crippen molar-refractivity contribution in [3.63, 3.8) is 0 Å². The van der Waals surface area contributed by atoms with Gasteiger partial charge in [-0.3, -0.25) is 4.79 Å². The molecular weight excluding hydrogens is 326 g/mol. The van der Waals surface area contributed by atoms with Crippen LogP contribution in [0.15, 0.2) is 23.1 Å². The molecule has 0 saturated heterocycles. The zero-order valence-electron chi connectivity index (χ0n) is 10.1. The van der Waals surface area contributed by atoms with E-state index in [1.807, 2.05) is 0 Å². The van der Waals surface area contributed by atoms with Crippen LogP contribution in [0.4, 0.5) is 26.3 Å². The van der Waals surface area contributed by atoms with E-state index in [9.17, 15) is 31.1 Å². The average Bonchev–Trinajstić information content (AvgIpc) is 2.25. The molecule has 3 nitrogen and oxygen atoms in total. The number of ether oxygens (including phenoxy) is 1. The molecule has 0 aliphatic rings. The Hall–Kier alpha value is -1.58. The van der Waals surface area contributed by atoms with Crippen molar-refractivity contribution in [1.82, 2.24) is 0 Å². The van der Waals surface area contributed by atoms with Crippen molar-refractivity contribution in [2.75, 3.05) is 0 Å². The molecule has 0 bridgehead atoms. The number of hydrogen-bond donors (Lipinski definition) is 1. The van der Waals surface area contributed by atoms with Crippen LogP contribution in [0.5, 0.6) is 5.75 Å². The summed E-state index contributed by atoms with van der Waals surface area (Å²) in [5.41, 5.74) is -4.81. The van der Waals surface area contributed by atoms with Gasteiger partial charge in [-0.2, -0.15) is 13.2 Å². The molecule has 0 amide bonds. The van der Waals surface area contributed by atoms with E-state index >= 15 is 0 Å². The Balaban J connectivity index is 3.04. The van der Waals surface area contributed by atoms with Crippen molar-refractivity contribution in [2.45, 2.75) is 29.6 Å². The molecule has 0 atom stereocenters. The van der Waals surface area contributed by atoms with E-state index in [0.29, 0.717) is 0 Å². The van der Waals surface area contributed by atoms with E-state index in [1.54, 1.807) is 0 Å². The number of benzene rings is 1. The summed E-state index contributed by atoms with van der Waals surface area (Å²) in [4.78, 5) is 10.1. The van der Waals surface area contributed by atoms with E-state index in [-0.39, 0.29) is 16.9 Å². The number of thioether (sulfide) groups is 1. The topological polar surface area (TPSA) is 46.5 Å². The Bertz CT molecular complexity index is 512. The first-order chi connectivity index (χ1) is 9.46. The molecule has 21 heavy (non-hydrogen) atoms. The zero-order valence-corrected chi connectivity index (χ0v) is 10.9. The number of aryl methyl sites for hydroxylation is 1. The third-order valence-electron chi connectivity index (χ3n) is 2.10. The largest absolute Gasteiger partial charge is 0.573 e. The molecule has 0 aliphatic heterocycles. The van der Waals surface area contributed by atoms with Crippen LogP contribution in [0.1, 0.15) is 12.0 Å². The number of carbonyl (C=O) groups is 1. The Morgan fingerprint density at radius 1 is 1.19 bits per heavy atom. The van der Waals surface area contributed by atoms with Crippen LogP contribution in [0, 0.1) is 0 Å². The first kappa shape index (κ1) is 17.5. The van der Waals surface area contributed by atoms with E-state index in [1.165, 1.54) is 0 Å². The van der Waals surface area contributed by atoms with Crippen LogP contribution >= 0.6 is 11.8 Å². The molecule has 0 aliphatic carbocycles. The summed E-state index contributed by atoms with van der Waals surface area (Å²) in [6.07, 6.45) is -5.84. The predicted molar refractivity (Wildman–Crippen MR) is 61.0 cm³/mol. The van der Waals surface area contributed by atoms with Crippen molar-refractivity contribution in [1.29, 1.82) is 0 Å². The van der Waals surface area contributed by atoms with E-state index in [0.717, 1.165) is 18.2 Å². The van der Waals surface area contributed by atoms with Gasteiger partial charge in [0.2, 0.25) is 0 Å². The van der Waals surface area contributed by atoms with Crippen molar-refractivity contribution in [2.24, 2.45) is 0 Å². The van der Waals surface area contributed by atoms with Gasteiger partial charge in [0.1, 0.15) is 5.75 Å². The highest BCUT2D eigenvalue weighted by Crippen LogP contribution is 2.40. The van der Waals surface area contributed by atoms with E-state index in [4.69, 9.17) is 5.11 Å². The fourth-order valence-corrected chi connectivity index (χ4v) is 2.09. The lowest BCUT2D eigenvalue weighted by Crippen LogP contribution is -2.17. The smallest absolute Gasteiger partial charge is 0.481 e. The zero-order chi connectivity index (χ0) is 16.3. The summed E-state index contributed by atoms with van der Waals surface area (Å²) in [6.45, 7) is 0. The minimum absolute atomic E-state index is 0.179. The van der Waals surface area contributed by atoms with Gasteiger partial charge in [0.15, 0.2) is 0 Å². The summed E-state index contributed by atoms with van der Waals surface area (Å²) in [6, 6.07) is 2.31. The predicted octanol–water partition coefficient (Wildman–Crippen LogP) is 4.21. The van der Waals surface area contributed by atoms with Crippen LogP contribution in [0.25, 0.3) is 0 Å². The summed E-state index contributed by atoms with van der Waals surface area (Å²) in [7, 11) is 0. The van der Waals surface area contributed by atoms with Crippen molar-refractivity contribution in [3.8, 4) is 5.75 Å². The Morgan fingerprint density at radius 3 is 2.29 bits per heavy atom. The average molecular weight is 334 g/mol. The van der Waals surface area contributed by atoms with E-state index < -0.39 is 41.8 Å². The number of halogens is 6. The summed E-state index contributed by atoms with van der Waals surface area (Å²) >= 11 is -0.524. The first-order valence-corrected chi connectivity index (χ1v) is 6.14. The summed E-state index contributed by atoms with van der Waals surface area (Å²) < 4.78 is 76.8. The van der Waals surface area contributed by atoms with Crippen molar-refractivity contribution >= 4 is 17.7 Å². The van der Waals surface area contributed by atoms with Crippen molar-refractivity contribution in [3.05, 3.63) is 23.8 Å². The maximum Gasteiger partial charge on any atom is 0.573 e. The standard InChI is InChI=1S/C11H8F6O3S/c12-10(13,14)20-7-2-3-8(21-11(15,16)17)6(5-7)1-4-9(18)19/h2-3,5H,1,4H2,(H,18,19). The molecule has 1 aromatic rings. The molecular formula is C11H8F6O3S. The monoisotopic (exact) mass is 334 g/mol. The lowest BCUT2D eigenvalue weighted by molar-refractivity contribution is -0.274. The number of carboxylic acids is 1. The minimum Gasteiger partial charge on any atom is -0.481 e. The number of rotatable bonds is 5. The van der Waals surface area contributed by atoms with Gasteiger partial charge in [-0.1, -0.05) is 0 Å². The Kier molecular flexibility index (Phi) is 5.37. The molecule has 1 aromatic carbocycles. The minimum atomic E-state index is -4.98. The molecule has 10 heteroatoms. The van der Waals surface area contributed by atoms with E-state index in [2.05, 4.69) is 4.74 Å². The second-order valence-corrected chi connectivity index (χ2v) is 4.87. The van der Waals surface area contributed by atoms with Gasteiger partial charge in [0, 0.05) is 11.3 Å². The highest BCUT2D eigenvalue weighted by atomic mass is 32.2. The molecule has 0 aromatic heterocycles. The number of carboxylic acid groups (broad SMARTS) is 1. The summed E-state index contributed by atoms with van der Waals surface area (Å²) in [5, 5.41) is 8.51. The molecule has 0 spiro atoms. The molecule has 1 rings (SSSR count). The van der Waals surface area contributed by atoms with Crippen LogP contribution in [-0.4, -0.2) is 22.9 Å². The number of alkyl halides is 6. The van der Waals surface area contributed by atoms with Crippen LogP contribution in [0.2, 0.25) is 0 Å². The van der Waals surface area contributed by atoms with Gasteiger partial charge >= 0.3 is 17.8 Å². The number of hydrogen-bond acceptors (Lipinski definition) is 3. The summed E-state index contributed by atoms with van der Waals surface area (Å²) in [5.74, 6) is -1.98. The normalized spacial score (nSPS) is 12.3. The quantitative estimate of drug-likeness (QED) is 0.647. The molecule has 0 fully saturated rings. The second-order valence-electron chi connectivity index (χ2n) is 3.76. The second kappa shape index (κ2) is 6.46. The maximum absolute atomic E-state index is 12.3. The lowest BCUT2D eigenvalue weighted by Gasteiger charge is -2.14. The Labute approximate surface area is 118 Å². The number of aliphatic carboxylic acids is 1. The third kappa shape index (κ3) is 7.11. The Morgan fingerprint density at radius 2 is 1.81 bits per heavy atom. The van der Waals surface area contributed by atoms with Gasteiger partial charge in [-0.15, -0.1) is 13.2 Å². The molecule has 1 N–H and O–H groups in total. The highest BCUT2D eigenvalue weighted by Gasteiger charge is 2.33. The maximum atomic E-state index is 12.3. The third-order valence-corrected chi connectivity index (χ3v) is 2.95.